The Kier molecular flexibility index (Phi) is 4.70. The van der Waals surface area contributed by atoms with Crippen molar-refractivity contribution in [3.8, 4) is 22.9 Å². The van der Waals surface area contributed by atoms with E-state index in [0.29, 0.717) is 12.1 Å². The molecule has 28 heavy (non-hydrogen) atoms. The molecular weight excluding hydrogens is 378 g/mol. The van der Waals surface area contributed by atoms with Crippen molar-refractivity contribution in [1.29, 1.82) is 5.26 Å². The van der Waals surface area contributed by atoms with E-state index in [9.17, 15) is 10.4 Å². The molecule has 2 heterocycles. The maximum atomic E-state index is 9.67. The molecule has 0 spiro atoms. The average Bonchev–Trinajstić information content (AvgIpc) is 3.42. The average molecular weight is 392 g/mol. The van der Waals surface area contributed by atoms with Gasteiger partial charge in [-0.25, -0.2) is 4.68 Å². The largest absolute Gasteiger partial charge is 0.506 e. The smallest absolute Gasteiger partial charge is 0.139 e. The fourth-order valence-corrected chi connectivity index (χ4v) is 3.10. The summed E-state index contributed by atoms with van der Waals surface area (Å²) in [5.74, 6) is 0.0295. The normalized spacial score (nSPS) is 10.6. The Morgan fingerprint density at radius 3 is 2.64 bits per heavy atom. The van der Waals surface area contributed by atoms with Gasteiger partial charge in [0.05, 0.1) is 41.4 Å². The lowest BCUT2D eigenvalue weighted by atomic mass is 10.0. The number of halogens is 1. The molecule has 0 aliphatic rings. The lowest BCUT2D eigenvalue weighted by molar-refractivity contribution is 0.475. The molecule has 0 amide bonds. The van der Waals surface area contributed by atoms with Gasteiger partial charge >= 0.3 is 0 Å². The lowest BCUT2D eigenvalue weighted by Gasteiger charge is -2.26. The van der Waals surface area contributed by atoms with Crippen LogP contribution in [0.4, 0.5) is 5.69 Å². The zero-order chi connectivity index (χ0) is 19.5. The van der Waals surface area contributed by atoms with Gasteiger partial charge in [0.15, 0.2) is 0 Å². The number of nitrogens with zero attached hydrogens (tertiary/aromatic N) is 5. The standard InChI is InChI=1S/C20H14ClN5O2/c21-19-7-14(1-4-20(19)27)10-26(25-12-23-24-13-25)17-3-2-15(9-22)18(8-17)16-5-6-28-11-16/h1-8,11-13,27H,10H2. The predicted octanol–water partition coefficient (Wildman–Crippen LogP) is 4.24. The van der Waals surface area contributed by atoms with E-state index in [-0.39, 0.29) is 10.8 Å². The summed E-state index contributed by atoms with van der Waals surface area (Å²) in [6.07, 6.45) is 6.33. The molecule has 4 rings (SSSR count). The molecule has 7 nitrogen and oxygen atoms in total. The summed E-state index contributed by atoms with van der Waals surface area (Å²) in [6, 6.07) is 14.6. The van der Waals surface area contributed by atoms with E-state index >= 15 is 0 Å². The Labute approximate surface area is 165 Å². The molecule has 0 fully saturated rings. The summed E-state index contributed by atoms with van der Waals surface area (Å²) in [7, 11) is 0. The van der Waals surface area contributed by atoms with Crippen LogP contribution < -0.4 is 5.01 Å². The van der Waals surface area contributed by atoms with Gasteiger partial charge in [-0.3, -0.25) is 5.01 Å². The van der Waals surface area contributed by atoms with E-state index < -0.39 is 0 Å². The zero-order valence-corrected chi connectivity index (χ0v) is 15.3. The first kappa shape index (κ1) is 17.6. The zero-order valence-electron chi connectivity index (χ0n) is 14.5. The number of aromatic nitrogens is 3. The van der Waals surface area contributed by atoms with Crippen molar-refractivity contribution < 1.29 is 9.52 Å². The topological polar surface area (TPSA) is 91.1 Å². The Bertz CT molecular complexity index is 1130. The molecule has 0 unspecified atom stereocenters. The molecule has 0 bridgehead atoms. The van der Waals surface area contributed by atoms with E-state index in [1.54, 1.807) is 54.1 Å². The highest BCUT2D eigenvalue weighted by Crippen LogP contribution is 2.31. The van der Waals surface area contributed by atoms with Crippen LogP contribution in [0, 0.1) is 11.3 Å². The van der Waals surface area contributed by atoms with E-state index in [2.05, 4.69) is 16.3 Å². The van der Waals surface area contributed by atoms with Gasteiger partial charge in [-0.05, 0) is 42.0 Å². The molecule has 0 saturated heterocycles. The number of anilines is 1. The van der Waals surface area contributed by atoms with Crippen LogP contribution in [0.15, 0.2) is 72.1 Å². The highest BCUT2D eigenvalue weighted by atomic mass is 35.5. The minimum absolute atomic E-state index is 0.0295. The van der Waals surface area contributed by atoms with Crippen LogP contribution in [0.25, 0.3) is 11.1 Å². The molecule has 2 aromatic heterocycles. The Balaban J connectivity index is 1.78. The van der Waals surface area contributed by atoms with E-state index in [1.807, 2.05) is 23.2 Å². The molecule has 4 aromatic rings. The Morgan fingerprint density at radius 2 is 1.96 bits per heavy atom. The molecular formula is C20H14ClN5O2. The van der Waals surface area contributed by atoms with Gasteiger partial charge < -0.3 is 9.52 Å². The molecule has 0 aliphatic heterocycles. The predicted molar refractivity (Wildman–Crippen MR) is 104 cm³/mol. The van der Waals surface area contributed by atoms with Crippen LogP contribution >= 0.6 is 11.6 Å². The fraction of sp³-hybridized carbons (Fsp3) is 0.0500. The Hall–Kier alpha value is -3.76. The van der Waals surface area contributed by atoms with Crippen molar-refractivity contribution in [2.45, 2.75) is 6.54 Å². The molecule has 0 saturated carbocycles. The lowest BCUT2D eigenvalue weighted by Crippen LogP contribution is -2.27. The highest BCUT2D eigenvalue weighted by Gasteiger charge is 2.15. The SMILES string of the molecule is N#Cc1ccc(N(Cc2ccc(O)c(Cl)c2)n2cnnc2)cc1-c1ccoc1. The monoisotopic (exact) mass is 391 g/mol. The van der Waals surface area contributed by atoms with Crippen molar-refractivity contribution in [3.63, 3.8) is 0 Å². The maximum absolute atomic E-state index is 9.67. The van der Waals surface area contributed by atoms with Gasteiger partial charge in [0.2, 0.25) is 0 Å². The number of nitriles is 1. The molecule has 0 atom stereocenters. The van der Waals surface area contributed by atoms with Crippen molar-refractivity contribution in [3.05, 3.63) is 83.8 Å². The number of phenols is 1. The molecule has 0 aliphatic carbocycles. The molecule has 138 valence electrons. The first-order valence-corrected chi connectivity index (χ1v) is 8.70. The van der Waals surface area contributed by atoms with Gasteiger partial charge in [0.25, 0.3) is 0 Å². The number of furan rings is 1. The number of benzene rings is 2. The third kappa shape index (κ3) is 3.41. The van der Waals surface area contributed by atoms with E-state index in [0.717, 1.165) is 22.4 Å². The summed E-state index contributed by atoms with van der Waals surface area (Å²) in [5.41, 5.74) is 3.82. The minimum atomic E-state index is 0.0295. The van der Waals surface area contributed by atoms with Crippen LogP contribution in [0.1, 0.15) is 11.1 Å². The summed E-state index contributed by atoms with van der Waals surface area (Å²) in [6.45, 7) is 0.439. The van der Waals surface area contributed by atoms with Gasteiger partial charge in [0.1, 0.15) is 18.4 Å². The number of phenolic OH excluding ortho intramolecular Hbond substituents is 1. The van der Waals surface area contributed by atoms with Gasteiger partial charge in [0, 0.05) is 11.1 Å². The third-order valence-electron chi connectivity index (χ3n) is 4.28. The van der Waals surface area contributed by atoms with Crippen LogP contribution in [0.2, 0.25) is 5.02 Å². The molecule has 1 N–H and O–H groups in total. The van der Waals surface area contributed by atoms with Crippen molar-refractivity contribution in [2.24, 2.45) is 0 Å². The molecule has 8 heteroatoms. The third-order valence-corrected chi connectivity index (χ3v) is 4.59. The van der Waals surface area contributed by atoms with Crippen molar-refractivity contribution in [1.82, 2.24) is 14.9 Å². The first-order chi connectivity index (χ1) is 13.7. The summed E-state index contributed by atoms with van der Waals surface area (Å²) < 4.78 is 6.91. The minimum Gasteiger partial charge on any atom is -0.506 e. The quantitative estimate of drug-likeness (QED) is 0.547. The van der Waals surface area contributed by atoms with Gasteiger partial charge in [-0.2, -0.15) is 5.26 Å². The van der Waals surface area contributed by atoms with Crippen LogP contribution in [0.5, 0.6) is 5.75 Å². The second-order valence-corrected chi connectivity index (χ2v) is 6.45. The molecule has 2 aromatic carbocycles. The number of hydrogen-bond donors (Lipinski definition) is 1. The molecule has 0 radical (unpaired) electrons. The van der Waals surface area contributed by atoms with Crippen molar-refractivity contribution in [2.75, 3.05) is 5.01 Å². The van der Waals surface area contributed by atoms with E-state index in [4.69, 9.17) is 16.0 Å². The summed E-state index contributed by atoms with van der Waals surface area (Å²) in [4.78, 5) is 0. The van der Waals surface area contributed by atoms with Crippen molar-refractivity contribution >= 4 is 17.3 Å². The Morgan fingerprint density at radius 1 is 1.14 bits per heavy atom. The second kappa shape index (κ2) is 7.47. The van der Waals surface area contributed by atoms with Gasteiger partial charge in [-0.15, -0.1) is 10.2 Å². The van der Waals surface area contributed by atoms with Crippen LogP contribution in [0.3, 0.4) is 0 Å². The highest BCUT2D eigenvalue weighted by molar-refractivity contribution is 6.32. The maximum Gasteiger partial charge on any atom is 0.139 e. The van der Waals surface area contributed by atoms with Gasteiger partial charge in [-0.1, -0.05) is 17.7 Å². The number of hydrogen-bond acceptors (Lipinski definition) is 6. The number of aromatic hydroxyl groups is 1. The second-order valence-electron chi connectivity index (χ2n) is 6.04. The van der Waals surface area contributed by atoms with Crippen LogP contribution in [-0.2, 0) is 6.54 Å². The number of rotatable bonds is 5. The summed E-state index contributed by atoms with van der Waals surface area (Å²) in [5, 5.41) is 29.1. The fourth-order valence-electron chi connectivity index (χ4n) is 2.89. The summed E-state index contributed by atoms with van der Waals surface area (Å²) >= 11 is 6.05. The first-order valence-electron chi connectivity index (χ1n) is 8.32. The van der Waals surface area contributed by atoms with Crippen LogP contribution in [-0.4, -0.2) is 20.0 Å². The van der Waals surface area contributed by atoms with E-state index in [1.165, 1.54) is 0 Å².